The number of carbonyl (C=O) groups excluding carboxylic acids is 1. The largest absolute Gasteiger partial charge is 0.493 e. The summed E-state index contributed by atoms with van der Waals surface area (Å²) in [6.07, 6.45) is 0.865. The monoisotopic (exact) mass is 374 g/mol. The number of hydrogen-bond acceptors (Lipinski definition) is 3. The summed E-state index contributed by atoms with van der Waals surface area (Å²) in [4.78, 5) is 12.2. The van der Waals surface area contributed by atoms with Gasteiger partial charge in [-0.25, -0.2) is 0 Å². The molecule has 0 saturated heterocycles. The predicted molar refractivity (Wildman–Crippen MR) is 115 cm³/mol. The molecule has 3 aromatic rings. The van der Waals surface area contributed by atoms with Gasteiger partial charge in [0.25, 0.3) is 0 Å². The first kappa shape index (κ1) is 19.5. The Bertz CT molecular complexity index is 885. The van der Waals surface area contributed by atoms with E-state index in [9.17, 15) is 4.79 Å². The average molecular weight is 374 g/mol. The Hall–Kier alpha value is -3.27. The normalized spacial score (nSPS) is 10.4. The topological polar surface area (TPSA) is 50.4 Å². The highest BCUT2D eigenvalue weighted by molar-refractivity contribution is 5.93. The molecule has 0 fully saturated rings. The lowest BCUT2D eigenvalue weighted by atomic mass is 10.1. The second-order valence-electron chi connectivity index (χ2n) is 6.89. The van der Waals surface area contributed by atoms with Crippen molar-refractivity contribution in [3.8, 4) is 5.75 Å². The molecular formula is C24H26N2O2. The second-order valence-corrected chi connectivity index (χ2v) is 6.89. The van der Waals surface area contributed by atoms with Gasteiger partial charge in [0.2, 0.25) is 5.91 Å². The lowest BCUT2D eigenvalue weighted by Crippen LogP contribution is -2.21. The molecule has 3 aromatic carbocycles. The van der Waals surface area contributed by atoms with Crippen molar-refractivity contribution >= 4 is 17.3 Å². The first-order chi connectivity index (χ1) is 13.6. The van der Waals surface area contributed by atoms with E-state index in [4.69, 9.17) is 4.74 Å². The lowest BCUT2D eigenvalue weighted by Gasteiger charge is -2.10. The minimum atomic E-state index is -0.0862. The van der Waals surface area contributed by atoms with Crippen molar-refractivity contribution in [2.24, 2.45) is 0 Å². The molecule has 0 aromatic heterocycles. The van der Waals surface area contributed by atoms with Crippen LogP contribution in [0.1, 0.15) is 16.7 Å². The smallest absolute Gasteiger partial charge is 0.243 e. The van der Waals surface area contributed by atoms with Gasteiger partial charge in [-0.15, -0.1) is 0 Å². The molecule has 0 heterocycles. The Morgan fingerprint density at radius 3 is 2.21 bits per heavy atom. The Morgan fingerprint density at radius 2 is 1.54 bits per heavy atom. The molecule has 0 aliphatic rings. The molecule has 0 aliphatic carbocycles. The molecule has 28 heavy (non-hydrogen) atoms. The third-order valence-electron chi connectivity index (χ3n) is 4.32. The highest BCUT2D eigenvalue weighted by atomic mass is 16.5. The van der Waals surface area contributed by atoms with Crippen LogP contribution < -0.4 is 15.4 Å². The van der Waals surface area contributed by atoms with Gasteiger partial charge in [-0.05, 0) is 66.9 Å². The van der Waals surface area contributed by atoms with Crippen LogP contribution in [0.25, 0.3) is 0 Å². The van der Waals surface area contributed by atoms with Gasteiger partial charge in [0.1, 0.15) is 5.75 Å². The lowest BCUT2D eigenvalue weighted by molar-refractivity contribution is -0.114. The molecule has 0 spiro atoms. The van der Waals surface area contributed by atoms with Crippen molar-refractivity contribution in [1.29, 1.82) is 0 Å². The number of nitrogens with one attached hydrogen (secondary N) is 2. The van der Waals surface area contributed by atoms with Crippen molar-refractivity contribution in [3.05, 3.63) is 89.5 Å². The quantitative estimate of drug-likeness (QED) is 0.585. The molecule has 0 atom stereocenters. The third kappa shape index (κ3) is 6.16. The van der Waals surface area contributed by atoms with Crippen molar-refractivity contribution in [1.82, 2.24) is 0 Å². The van der Waals surface area contributed by atoms with E-state index in [-0.39, 0.29) is 12.5 Å². The van der Waals surface area contributed by atoms with Gasteiger partial charge in [-0.1, -0.05) is 36.4 Å². The van der Waals surface area contributed by atoms with Crippen LogP contribution in [0.2, 0.25) is 0 Å². The van der Waals surface area contributed by atoms with Crippen molar-refractivity contribution in [2.75, 3.05) is 23.8 Å². The number of carbonyl (C=O) groups is 1. The zero-order valence-electron chi connectivity index (χ0n) is 16.4. The molecular weight excluding hydrogens is 348 g/mol. The summed E-state index contributed by atoms with van der Waals surface area (Å²) in [6, 6.07) is 23.9. The van der Waals surface area contributed by atoms with E-state index in [0.29, 0.717) is 6.61 Å². The van der Waals surface area contributed by atoms with Crippen molar-refractivity contribution in [2.45, 2.75) is 20.3 Å². The van der Waals surface area contributed by atoms with Gasteiger partial charge in [-0.2, -0.15) is 0 Å². The van der Waals surface area contributed by atoms with Crippen molar-refractivity contribution < 1.29 is 9.53 Å². The number of amides is 1. The number of rotatable bonds is 8. The van der Waals surface area contributed by atoms with Gasteiger partial charge in [0.05, 0.1) is 13.2 Å². The molecule has 4 heteroatoms. The van der Waals surface area contributed by atoms with Crippen LogP contribution in [0.5, 0.6) is 5.75 Å². The fourth-order valence-electron chi connectivity index (χ4n) is 3.03. The Labute approximate surface area is 166 Å². The molecule has 0 aliphatic heterocycles. The molecule has 144 valence electrons. The zero-order chi connectivity index (χ0) is 19.8. The van der Waals surface area contributed by atoms with E-state index < -0.39 is 0 Å². The summed E-state index contributed by atoms with van der Waals surface area (Å²) in [5, 5.41) is 6.06. The maximum atomic E-state index is 12.2. The SMILES string of the molecule is Cc1cc(C)cc(NCC(=O)Nc2ccc(OCCc3ccccc3)cc2)c1. The van der Waals surface area contributed by atoms with E-state index in [1.807, 2.05) is 68.4 Å². The van der Waals surface area contributed by atoms with Crippen LogP contribution in [0.3, 0.4) is 0 Å². The van der Waals surface area contributed by atoms with Crippen LogP contribution in [0.15, 0.2) is 72.8 Å². The Morgan fingerprint density at radius 1 is 0.857 bits per heavy atom. The van der Waals surface area contributed by atoms with E-state index in [0.717, 1.165) is 23.5 Å². The fraction of sp³-hybridized carbons (Fsp3) is 0.208. The predicted octanol–water partition coefficient (Wildman–Crippen LogP) is 4.98. The summed E-state index contributed by atoms with van der Waals surface area (Å²) >= 11 is 0. The molecule has 0 saturated carbocycles. The summed E-state index contributed by atoms with van der Waals surface area (Å²) in [5.41, 5.74) is 5.30. The number of hydrogen-bond donors (Lipinski definition) is 2. The molecule has 0 unspecified atom stereocenters. The molecule has 0 radical (unpaired) electrons. The highest BCUT2D eigenvalue weighted by Gasteiger charge is 2.04. The summed E-state index contributed by atoms with van der Waals surface area (Å²) in [5.74, 6) is 0.708. The van der Waals surface area contributed by atoms with E-state index in [2.05, 4.69) is 28.8 Å². The van der Waals surface area contributed by atoms with Crippen LogP contribution in [0, 0.1) is 13.8 Å². The Balaban J connectivity index is 1.43. The Kier molecular flexibility index (Phi) is 6.68. The molecule has 1 amide bonds. The number of benzene rings is 3. The first-order valence-corrected chi connectivity index (χ1v) is 9.47. The first-order valence-electron chi connectivity index (χ1n) is 9.47. The summed E-state index contributed by atoms with van der Waals surface area (Å²) in [6.45, 7) is 4.93. The van der Waals surface area contributed by atoms with Crippen LogP contribution in [-0.2, 0) is 11.2 Å². The fourth-order valence-corrected chi connectivity index (χ4v) is 3.03. The van der Waals surface area contributed by atoms with E-state index in [1.165, 1.54) is 16.7 Å². The van der Waals surface area contributed by atoms with Crippen LogP contribution >= 0.6 is 0 Å². The van der Waals surface area contributed by atoms with Gasteiger partial charge in [0.15, 0.2) is 0 Å². The van der Waals surface area contributed by atoms with Gasteiger partial charge >= 0.3 is 0 Å². The second kappa shape index (κ2) is 9.60. The van der Waals surface area contributed by atoms with E-state index in [1.54, 1.807) is 0 Å². The molecule has 0 bridgehead atoms. The third-order valence-corrected chi connectivity index (χ3v) is 4.32. The number of ether oxygens (including phenoxy) is 1. The van der Waals surface area contributed by atoms with Gasteiger partial charge in [0, 0.05) is 17.8 Å². The minimum Gasteiger partial charge on any atom is -0.493 e. The van der Waals surface area contributed by atoms with Crippen LogP contribution in [-0.4, -0.2) is 19.1 Å². The summed E-state index contributed by atoms with van der Waals surface area (Å²) in [7, 11) is 0. The number of anilines is 2. The molecule has 3 rings (SSSR count). The molecule has 2 N–H and O–H groups in total. The highest BCUT2D eigenvalue weighted by Crippen LogP contribution is 2.17. The zero-order valence-corrected chi connectivity index (χ0v) is 16.4. The van der Waals surface area contributed by atoms with Crippen molar-refractivity contribution in [3.63, 3.8) is 0 Å². The molecule has 4 nitrogen and oxygen atoms in total. The van der Waals surface area contributed by atoms with Gasteiger partial charge in [-0.3, -0.25) is 4.79 Å². The van der Waals surface area contributed by atoms with Crippen LogP contribution in [0.4, 0.5) is 11.4 Å². The minimum absolute atomic E-state index is 0.0862. The standard InChI is InChI=1S/C24H26N2O2/c1-18-14-19(2)16-22(15-18)25-17-24(27)26-21-8-10-23(11-9-21)28-13-12-20-6-4-3-5-7-20/h3-11,14-16,25H,12-13,17H2,1-2H3,(H,26,27). The van der Waals surface area contributed by atoms with Gasteiger partial charge < -0.3 is 15.4 Å². The summed E-state index contributed by atoms with van der Waals surface area (Å²) < 4.78 is 5.77. The maximum absolute atomic E-state index is 12.2. The maximum Gasteiger partial charge on any atom is 0.243 e. The average Bonchev–Trinajstić information content (AvgIpc) is 2.68. The van der Waals surface area contributed by atoms with E-state index >= 15 is 0 Å². The number of aryl methyl sites for hydroxylation is 2.